The van der Waals surface area contributed by atoms with Gasteiger partial charge < -0.3 is 4.74 Å². The van der Waals surface area contributed by atoms with Crippen LogP contribution >= 0.6 is 11.3 Å². The van der Waals surface area contributed by atoms with E-state index in [2.05, 4.69) is 16.8 Å². The van der Waals surface area contributed by atoms with Gasteiger partial charge in [0.15, 0.2) is 0 Å². The SMILES string of the molecule is COCCCCCCc1ccsc1. The van der Waals surface area contributed by atoms with Gasteiger partial charge in [0, 0.05) is 13.7 Å². The normalized spacial score (nSPS) is 10.5. The van der Waals surface area contributed by atoms with Gasteiger partial charge in [-0.25, -0.2) is 0 Å². The molecular formula is C11H18OS. The lowest BCUT2D eigenvalue weighted by atomic mass is 10.1. The fraction of sp³-hybridized carbons (Fsp3) is 0.636. The zero-order valence-corrected chi connectivity index (χ0v) is 9.11. The van der Waals surface area contributed by atoms with E-state index in [0.29, 0.717) is 0 Å². The fourth-order valence-electron chi connectivity index (χ4n) is 1.36. The highest BCUT2D eigenvalue weighted by molar-refractivity contribution is 7.07. The Morgan fingerprint density at radius 3 is 2.77 bits per heavy atom. The first-order chi connectivity index (χ1) is 6.43. The molecule has 0 N–H and O–H groups in total. The van der Waals surface area contributed by atoms with E-state index in [1.54, 1.807) is 18.4 Å². The van der Waals surface area contributed by atoms with Crippen molar-refractivity contribution in [1.29, 1.82) is 0 Å². The Morgan fingerprint density at radius 1 is 1.23 bits per heavy atom. The van der Waals surface area contributed by atoms with E-state index >= 15 is 0 Å². The van der Waals surface area contributed by atoms with E-state index in [-0.39, 0.29) is 0 Å². The minimum absolute atomic E-state index is 0.915. The first-order valence-electron chi connectivity index (χ1n) is 4.93. The quantitative estimate of drug-likeness (QED) is 0.609. The zero-order valence-electron chi connectivity index (χ0n) is 8.29. The Kier molecular flexibility index (Phi) is 5.87. The summed E-state index contributed by atoms with van der Waals surface area (Å²) in [6.07, 6.45) is 6.41. The average Bonchev–Trinajstić information content (AvgIpc) is 2.63. The predicted octanol–water partition coefficient (Wildman–Crippen LogP) is 3.50. The summed E-state index contributed by atoms with van der Waals surface area (Å²) in [5.74, 6) is 0. The van der Waals surface area contributed by atoms with Crippen molar-refractivity contribution in [3.8, 4) is 0 Å². The molecule has 1 aromatic heterocycles. The highest BCUT2D eigenvalue weighted by Crippen LogP contribution is 2.11. The van der Waals surface area contributed by atoms with Gasteiger partial charge in [0.25, 0.3) is 0 Å². The van der Waals surface area contributed by atoms with Gasteiger partial charge in [-0.3, -0.25) is 0 Å². The van der Waals surface area contributed by atoms with Gasteiger partial charge in [0.05, 0.1) is 0 Å². The molecule has 0 aliphatic rings. The number of hydrogen-bond donors (Lipinski definition) is 0. The highest BCUT2D eigenvalue weighted by Gasteiger charge is 1.93. The molecule has 0 atom stereocenters. The third-order valence-corrected chi connectivity index (χ3v) is 2.88. The number of methoxy groups -OCH3 is 1. The Labute approximate surface area is 84.7 Å². The summed E-state index contributed by atoms with van der Waals surface area (Å²) in [4.78, 5) is 0. The number of thiophene rings is 1. The molecular weight excluding hydrogens is 180 g/mol. The largest absolute Gasteiger partial charge is 0.385 e. The molecule has 0 saturated carbocycles. The molecule has 0 aliphatic carbocycles. The number of hydrogen-bond acceptors (Lipinski definition) is 2. The summed E-state index contributed by atoms with van der Waals surface area (Å²) in [6, 6.07) is 2.22. The molecule has 0 aliphatic heterocycles. The second-order valence-electron chi connectivity index (χ2n) is 3.29. The van der Waals surface area contributed by atoms with Gasteiger partial charge in [-0.2, -0.15) is 11.3 Å². The Balaban J connectivity index is 1.90. The predicted molar refractivity (Wildman–Crippen MR) is 58.4 cm³/mol. The van der Waals surface area contributed by atoms with E-state index < -0.39 is 0 Å². The lowest BCUT2D eigenvalue weighted by Gasteiger charge is -1.99. The van der Waals surface area contributed by atoms with E-state index in [4.69, 9.17) is 4.74 Å². The van der Waals surface area contributed by atoms with Crippen LogP contribution in [0, 0.1) is 0 Å². The van der Waals surface area contributed by atoms with Crippen LogP contribution in [0.15, 0.2) is 16.8 Å². The molecule has 1 nitrogen and oxygen atoms in total. The van der Waals surface area contributed by atoms with Crippen molar-refractivity contribution >= 4 is 11.3 Å². The van der Waals surface area contributed by atoms with Crippen molar-refractivity contribution in [2.75, 3.05) is 13.7 Å². The summed E-state index contributed by atoms with van der Waals surface area (Å²) >= 11 is 1.79. The van der Waals surface area contributed by atoms with E-state index in [1.165, 1.54) is 37.7 Å². The summed E-state index contributed by atoms with van der Waals surface area (Å²) < 4.78 is 5.00. The maximum absolute atomic E-state index is 5.00. The van der Waals surface area contributed by atoms with Gasteiger partial charge in [-0.05, 0) is 41.7 Å². The van der Waals surface area contributed by atoms with E-state index in [0.717, 1.165) is 6.61 Å². The van der Waals surface area contributed by atoms with Crippen LogP contribution in [0.25, 0.3) is 0 Å². The van der Waals surface area contributed by atoms with Crippen molar-refractivity contribution in [1.82, 2.24) is 0 Å². The average molecular weight is 198 g/mol. The molecule has 0 aromatic carbocycles. The molecule has 0 fully saturated rings. The summed E-state index contributed by atoms with van der Waals surface area (Å²) in [6.45, 7) is 0.915. The van der Waals surface area contributed by atoms with Gasteiger partial charge in [-0.1, -0.05) is 12.8 Å². The monoisotopic (exact) mass is 198 g/mol. The number of unbranched alkanes of at least 4 members (excludes halogenated alkanes) is 3. The second kappa shape index (κ2) is 7.10. The van der Waals surface area contributed by atoms with Crippen LogP contribution in [0.2, 0.25) is 0 Å². The topological polar surface area (TPSA) is 9.23 Å². The third-order valence-electron chi connectivity index (χ3n) is 2.14. The third kappa shape index (κ3) is 5.06. The molecule has 1 rings (SSSR count). The van der Waals surface area contributed by atoms with Gasteiger partial charge in [0.2, 0.25) is 0 Å². The minimum atomic E-state index is 0.915. The molecule has 0 radical (unpaired) electrons. The van der Waals surface area contributed by atoms with Crippen LogP contribution in [0.4, 0.5) is 0 Å². The Morgan fingerprint density at radius 2 is 2.08 bits per heavy atom. The number of aryl methyl sites for hydroxylation is 1. The Bertz CT molecular complexity index is 194. The van der Waals surface area contributed by atoms with Gasteiger partial charge in [0.1, 0.15) is 0 Å². The van der Waals surface area contributed by atoms with Crippen LogP contribution in [-0.4, -0.2) is 13.7 Å². The van der Waals surface area contributed by atoms with Crippen LogP contribution in [-0.2, 0) is 11.2 Å². The first-order valence-corrected chi connectivity index (χ1v) is 5.88. The molecule has 0 saturated heterocycles. The molecule has 0 bridgehead atoms. The molecule has 0 unspecified atom stereocenters. The molecule has 0 amide bonds. The standard InChI is InChI=1S/C11H18OS/c1-12-8-5-3-2-4-6-11-7-9-13-10-11/h7,9-10H,2-6,8H2,1H3. The molecule has 2 heteroatoms. The lowest BCUT2D eigenvalue weighted by molar-refractivity contribution is 0.192. The van der Waals surface area contributed by atoms with E-state index in [9.17, 15) is 0 Å². The summed E-state index contributed by atoms with van der Waals surface area (Å²) in [5.41, 5.74) is 1.50. The smallest absolute Gasteiger partial charge is 0.0462 e. The van der Waals surface area contributed by atoms with Crippen LogP contribution in [0.3, 0.4) is 0 Å². The number of ether oxygens (including phenoxy) is 1. The van der Waals surface area contributed by atoms with Gasteiger partial charge in [-0.15, -0.1) is 0 Å². The molecule has 74 valence electrons. The summed E-state index contributed by atoms with van der Waals surface area (Å²) in [5, 5.41) is 4.40. The van der Waals surface area contributed by atoms with Crippen LogP contribution in [0.5, 0.6) is 0 Å². The van der Waals surface area contributed by atoms with Crippen molar-refractivity contribution in [2.45, 2.75) is 32.1 Å². The lowest BCUT2D eigenvalue weighted by Crippen LogP contribution is -1.89. The summed E-state index contributed by atoms with van der Waals surface area (Å²) in [7, 11) is 1.77. The maximum atomic E-state index is 5.00. The molecule has 1 aromatic rings. The van der Waals surface area contributed by atoms with Crippen molar-refractivity contribution in [3.05, 3.63) is 22.4 Å². The second-order valence-corrected chi connectivity index (χ2v) is 4.07. The van der Waals surface area contributed by atoms with Crippen molar-refractivity contribution in [3.63, 3.8) is 0 Å². The first kappa shape index (κ1) is 10.7. The highest BCUT2D eigenvalue weighted by atomic mass is 32.1. The minimum Gasteiger partial charge on any atom is -0.385 e. The Hall–Kier alpha value is -0.340. The van der Waals surface area contributed by atoms with Crippen molar-refractivity contribution in [2.24, 2.45) is 0 Å². The van der Waals surface area contributed by atoms with E-state index in [1.807, 2.05) is 0 Å². The van der Waals surface area contributed by atoms with Crippen LogP contribution < -0.4 is 0 Å². The number of rotatable bonds is 7. The zero-order chi connectivity index (χ0) is 9.36. The fourth-order valence-corrected chi connectivity index (χ4v) is 2.07. The molecule has 13 heavy (non-hydrogen) atoms. The molecule has 1 heterocycles. The van der Waals surface area contributed by atoms with Gasteiger partial charge >= 0.3 is 0 Å². The van der Waals surface area contributed by atoms with Crippen molar-refractivity contribution < 1.29 is 4.74 Å². The maximum Gasteiger partial charge on any atom is 0.0462 e. The molecule has 0 spiro atoms. The van der Waals surface area contributed by atoms with Crippen LogP contribution in [0.1, 0.15) is 31.2 Å².